The average Bonchev–Trinajstić information content (AvgIpc) is 2.52. The van der Waals surface area contributed by atoms with E-state index in [1.54, 1.807) is 19.1 Å². The van der Waals surface area contributed by atoms with E-state index >= 15 is 0 Å². The molecule has 0 bridgehead atoms. The summed E-state index contributed by atoms with van der Waals surface area (Å²) in [6.45, 7) is 5.99. The fourth-order valence-electron chi connectivity index (χ4n) is 2.25. The lowest BCUT2D eigenvalue weighted by atomic mass is 10.0. The number of hydrogen-bond donors (Lipinski definition) is 2. The van der Waals surface area contributed by atoms with E-state index in [1.165, 1.54) is 13.2 Å². The molecule has 9 heteroatoms. The molecule has 0 fully saturated rings. The Morgan fingerprint density at radius 2 is 2.00 bits per heavy atom. The topological polar surface area (TPSA) is 93.7 Å². The summed E-state index contributed by atoms with van der Waals surface area (Å²) in [5.41, 5.74) is 0. The zero-order valence-corrected chi connectivity index (χ0v) is 17.2. The van der Waals surface area contributed by atoms with Crippen molar-refractivity contribution < 1.29 is 22.7 Å². The second kappa shape index (κ2) is 9.98. The molecular formula is C16H25BrN2O5S. The number of benzene rings is 1. The van der Waals surface area contributed by atoms with Gasteiger partial charge in [-0.1, -0.05) is 29.8 Å². The molecule has 2 N–H and O–H groups in total. The van der Waals surface area contributed by atoms with Crippen molar-refractivity contribution in [1.82, 2.24) is 10.0 Å². The molecule has 0 saturated heterocycles. The largest absolute Gasteiger partial charge is 0.495 e. The minimum Gasteiger partial charge on any atom is -0.495 e. The number of amides is 1. The van der Waals surface area contributed by atoms with Crippen molar-refractivity contribution in [1.29, 1.82) is 0 Å². The van der Waals surface area contributed by atoms with Crippen molar-refractivity contribution in [2.75, 3.05) is 20.3 Å². The van der Waals surface area contributed by atoms with Gasteiger partial charge in [-0.25, -0.2) is 17.9 Å². The van der Waals surface area contributed by atoms with Crippen LogP contribution in [-0.4, -0.2) is 40.8 Å². The first kappa shape index (κ1) is 21.7. The number of methoxy groups -OCH3 is 1. The molecule has 0 spiro atoms. The Balaban J connectivity index is 2.89. The van der Waals surface area contributed by atoms with Gasteiger partial charge in [-0.2, -0.15) is 0 Å². The predicted octanol–water partition coefficient (Wildman–Crippen LogP) is 2.90. The lowest BCUT2D eigenvalue weighted by Gasteiger charge is -2.21. The van der Waals surface area contributed by atoms with Gasteiger partial charge in [0.2, 0.25) is 10.0 Å². The number of nitrogens with one attached hydrogen (secondary N) is 2. The van der Waals surface area contributed by atoms with Crippen LogP contribution in [0.2, 0.25) is 0 Å². The number of sulfonamides is 1. The molecule has 0 aliphatic rings. The number of hydrogen-bond acceptors (Lipinski definition) is 5. The highest BCUT2D eigenvalue weighted by molar-refractivity contribution is 9.10. The Morgan fingerprint density at radius 1 is 1.32 bits per heavy atom. The van der Waals surface area contributed by atoms with Crippen molar-refractivity contribution >= 4 is 32.0 Å². The second-order valence-electron chi connectivity index (χ2n) is 5.84. The Labute approximate surface area is 157 Å². The molecule has 142 valence electrons. The number of carbonyl (C=O) groups is 1. The van der Waals surface area contributed by atoms with Crippen LogP contribution in [0.3, 0.4) is 0 Å². The van der Waals surface area contributed by atoms with E-state index in [9.17, 15) is 13.2 Å². The summed E-state index contributed by atoms with van der Waals surface area (Å²) in [5, 5.41) is 2.68. The molecule has 1 aromatic carbocycles. The van der Waals surface area contributed by atoms with Gasteiger partial charge in [0, 0.05) is 17.1 Å². The Morgan fingerprint density at radius 3 is 2.56 bits per heavy atom. The van der Waals surface area contributed by atoms with Gasteiger partial charge >= 0.3 is 6.09 Å². The standard InChI is InChI=1S/C16H25BrN2O5S/c1-5-24-16(20)19-13(8-11(2)3)10-18-25(21,22)15-9-12(17)6-7-14(15)23-4/h6-7,9,11,13,18H,5,8,10H2,1-4H3,(H,19,20). The Bertz CT molecular complexity index is 679. The van der Waals surface area contributed by atoms with Crippen LogP contribution in [0.5, 0.6) is 5.75 Å². The number of alkyl carbamates (subject to hydrolysis) is 1. The third-order valence-electron chi connectivity index (χ3n) is 3.29. The van der Waals surface area contributed by atoms with E-state index in [0.29, 0.717) is 10.9 Å². The first-order chi connectivity index (χ1) is 11.7. The van der Waals surface area contributed by atoms with E-state index < -0.39 is 16.1 Å². The van der Waals surface area contributed by atoms with Crippen LogP contribution >= 0.6 is 15.9 Å². The highest BCUT2D eigenvalue weighted by Gasteiger charge is 2.23. The van der Waals surface area contributed by atoms with Gasteiger partial charge in [0.25, 0.3) is 0 Å². The molecule has 0 radical (unpaired) electrons. The quantitative estimate of drug-likeness (QED) is 0.620. The Hall–Kier alpha value is -1.32. The van der Waals surface area contributed by atoms with E-state index in [4.69, 9.17) is 9.47 Å². The van der Waals surface area contributed by atoms with Crippen LogP contribution in [0.15, 0.2) is 27.6 Å². The molecular weight excluding hydrogens is 412 g/mol. The van der Waals surface area contributed by atoms with Gasteiger partial charge in [-0.3, -0.25) is 0 Å². The van der Waals surface area contributed by atoms with Crippen LogP contribution in [0.1, 0.15) is 27.2 Å². The molecule has 1 aromatic rings. The minimum atomic E-state index is -3.80. The summed E-state index contributed by atoms with van der Waals surface area (Å²) in [6.07, 6.45) is 0.0455. The van der Waals surface area contributed by atoms with Crippen LogP contribution in [0, 0.1) is 5.92 Å². The molecule has 0 aliphatic heterocycles. The van der Waals surface area contributed by atoms with Crippen molar-refractivity contribution in [2.24, 2.45) is 5.92 Å². The molecule has 7 nitrogen and oxygen atoms in total. The summed E-state index contributed by atoms with van der Waals surface area (Å²) in [4.78, 5) is 11.7. The normalized spacial score (nSPS) is 12.7. The zero-order valence-electron chi connectivity index (χ0n) is 14.8. The van der Waals surface area contributed by atoms with Crippen LogP contribution in [0.4, 0.5) is 4.79 Å². The van der Waals surface area contributed by atoms with E-state index in [1.807, 2.05) is 13.8 Å². The van der Waals surface area contributed by atoms with Gasteiger partial charge in [0.05, 0.1) is 13.7 Å². The maximum atomic E-state index is 12.6. The third kappa shape index (κ3) is 7.21. The predicted molar refractivity (Wildman–Crippen MR) is 99.3 cm³/mol. The van der Waals surface area contributed by atoms with Gasteiger partial charge in [-0.15, -0.1) is 0 Å². The van der Waals surface area contributed by atoms with E-state index in [0.717, 1.165) is 0 Å². The highest BCUT2D eigenvalue weighted by Crippen LogP contribution is 2.27. The smallest absolute Gasteiger partial charge is 0.407 e. The molecule has 1 rings (SSSR count). The zero-order chi connectivity index (χ0) is 19.0. The molecule has 0 aromatic heterocycles. The first-order valence-electron chi connectivity index (χ1n) is 7.96. The van der Waals surface area contributed by atoms with Crippen molar-refractivity contribution in [3.05, 3.63) is 22.7 Å². The maximum absolute atomic E-state index is 12.6. The van der Waals surface area contributed by atoms with Gasteiger partial charge in [0.15, 0.2) is 0 Å². The third-order valence-corrected chi connectivity index (χ3v) is 5.23. The molecule has 25 heavy (non-hydrogen) atoms. The fourth-order valence-corrected chi connectivity index (χ4v) is 4.04. The summed E-state index contributed by atoms with van der Waals surface area (Å²) in [7, 11) is -2.39. The molecule has 1 atom stereocenters. The van der Waals surface area contributed by atoms with Crippen LogP contribution < -0.4 is 14.8 Å². The molecule has 1 unspecified atom stereocenters. The number of rotatable bonds is 9. The summed E-state index contributed by atoms with van der Waals surface area (Å²) in [6, 6.07) is 4.35. The number of ether oxygens (including phenoxy) is 2. The van der Waals surface area contributed by atoms with Gasteiger partial charge < -0.3 is 14.8 Å². The first-order valence-corrected chi connectivity index (χ1v) is 10.2. The van der Waals surface area contributed by atoms with Crippen molar-refractivity contribution in [3.63, 3.8) is 0 Å². The second-order valence-corrected chi connectivity index (χ2v) is 8.49. The van der Waals surface area contributed by atoms with E-state index in [-0.39, 0.29) is 35.8 Å². The summed E-state index contributed by atoms with van der Waals surface area (Å²) < 4.78 is 38.4. The fraction of sp³-hybridized carbons (Fsp3) is 0.562. The van der Waals surface area contributed by atoms with Crippen molar-refractivity contribution in [3.8, 4) is 5.75 Å². The van der Waals surface area contributed by atoms with E-state index in [2.05, 4.69) is 26.0 Å². The van der Waals surface area contributed by atoms with Crippen LogP contribution in [0.25, 0.3) is 0 Å². The minimum absolute atomic E-state index is 0.0313. The number of carbonyl (C=O) groups excluding carboxylic acids is 1. The maximum Gasteiger partial charge on any atom is 0.407 e. The molecule has 1 amide bonds. The highest BCUT2D eigenvalue weighted by atomic mass is 79.9. The summed E-state index contributed by atoms with van der Waals surface area (Å²) >= 11 is 3.26. The van der Waals surface area contributed by atoms with Gasteiger partial charge in [-0.05, 0) is 37.5 Å². The number of halogens is 1. The van der Waals surface area contributed by atoms with Gasteiger partial charge in [0.1, 0.15) is 10.6 Å². The summed E-state index contributed by atoms with van der Waals surface area (Å²) in [5.74, 6) is 0.520. The molecule has 0 saturated carbocycles. The lowest BCUT2D eigenvalue weighted by Crippen LogP contribution is -2.44. The Kier molecular flexibility index (Phi) is 8.67. The molecule has 0 aliphatic carbocycles. The lowest BCUT2D eigenvalue weighted by molar-refractivity contribution is 0.146. The monoisotopic (exact) mass is 436 g/mol. The SMILES string of the molecule is CCOC(=O)NC(CNS(=O)(=O)c1cc(Br)ccc1OC)CC(C)C. The van der Waals surface area contributed by atoms with Crippen molar-refractivity contribution in [2.45, 2.75) is 38.1 Å². The molecule has 0 heterocycles. The van der Waals surface area contributed by atoms with Crippen LogP contribution in [-0.2, 0) is 14.8 Å². The average molecular weight is 437 g/mol.